The lowest BCUT2D eigenvalue weighted by molar-refractivity contribution is 0.150. The molecule has 1 fully saturated rings. The molecule has 0 aliphatic carbocycles. The van der Waals surface area contributed by atoms with Crippen molar-refractivity contribution in [3.8, 4) is 0 Å². The quantitative estimate of drug-likeness (QED) is 0.665. The van der Waals surface area contributed by atoms with E-state index in [1.807, 2.05) is 13.8 Å². The first-order chi connectivity index (χ1) is 6.66. The standard InChI is InChI=1S/C11H23N.C2H6/c1-5-11-7-6-8-12(11)10(4)9(2)3;1-2/h9-11H,5-8H2,1-4H3;1-2H3. The molecule has 1 saturated heterocycles. The monoisotopic (exact) mass is 199 g/mol. The van der Waals surface area contributed by atoms with E-state index in [9.17, 15) is 0 Å². The molecule has 0 amide bonds. The number of rotatable bonds is 3. The molecule has 2 atom stereocenters. The highest BCUT2D eigenvalue weighted by Crippen LogP contribution is 2.25. The lowest BCUT2D eigenvalue weighted by Crippen LogP contribution is -2.39. The predicted molar refractivity (Wildman–Crippen MR) is 65.7 cm³/mol. The molecule has 1 nitrogen and oxygen atoms in total. The highest BCUT2D eigenvalue weighted by molar-refractivity contribution is 4.83. The first-order valence-electron chi connectivity index (χ1n) is 6.42. The molecule has 1 rings (SSSR count). The molecule has 0 aromatic heterocycles. The zero-order chi connectivity index (χ0) is 11.1. The Hall–Kier alpha value is -0.0400. The summed E-state index contributed by atoms with van der Waals surface area (Å²) < 4.78 is 0. The molecule has 86 valence electrons. The zero-order valence-corrected chi connectivity index (χ0v) is 11.0. The van der Waals surface area contributed by atoms with Crippen molar-refractivity contribution in [3.63, 3.8) is 0 Å². The van der Waals surface area contributed by atoms with Crippen LogP contribution in [0.15, 0.2) is 0 Å². The van der Waals surface area contributed by atoms with Gasteiger partial charge in [0.15, 0.2) is 0 Å². The summed E-state index contributed by atoms with van der Waals surface area (Å²) in [6, 6.07) is 1.65. The first-order valence-corrected chi connectivity index (χ1v) is 6.42. The molecule has 0 bridgehead atoms. The Balaban J connectivity index is 0.000000791. The van der Waals surface area contributed by atoms with Crippen molar-refractivity contribution in [2.24, 2.45) is 5.92 Å². The molecule has 2 unspecified atom stereocenters. The molecule has 0 aromatic carbocycles. The molecule has 1 aliphatic rings. The maximum absolute atomic E-state index is 2.70. The molecule has 0 saturated carbocycles. The number of likely N-dealkylation sites (tertiary alicyclic amines) is 1. The molecule has 1 heterocycles. The average molecular weight is 199 g/mol. The molecular formula is C13H29N. The van der Waals surface area contributed by atoms with Crippen LogP contribution in [-0.4, -0.2) is 23.5 Å². The topological polar surface area (TPSA) is 3.24 Å². The molecule has 1 aliphatic heterocycles. The van der Waals surface area contributed by atoms with Gasteiger partial charge in [-0.2, -0.15) is 0 Å². The second-order valence-electron chi connectivity index (χ2n) is 4.43. The Labute approximate surface area is 90.9 Å². The normalized spacial score (nSPS) is 24.6. The fourth-order valence-electron chi connectivity index (χ4n) is 2.22. The van der Waals surface area contributed by atoms with Crippen molar-refractivity contribution in [1.29, 1.82) is 0 Å². The van der Waals surface area contributed by atoms with Gasteiger partial charge in [0, 0.05) is 12.1 Å². The number of hydrogen-bond acceptors (Lipinski definition) is 1. The van der Waals surface area contributed by atoms with Gasteiger partial charge >= 0.3 is 0 Å². The van der Waals surface area contributed by atoms with E-state index in [-0.39, 0.29) is 0 Å². The van der Waals surface area contributed by atoms with Gasteiger partial charge in [0.2, 0.25) is 0 Å². The zero-order valence-electron chi connectivity index (χ0n) is 11.0. The van der Waals surface area contributed by atoms with E-state index in [2.05, 4.69) is 32.6 Å². The molecule has 1 heteroatoms. The van der Waals surface area contributed by atoms with Crippen LogP contribution in [0.3, 0.4) is 0 Å². The van der Waals surface area contributed by atoms with Gasteiger partial charge in [0.25, 0.3) is 0 Å². The summed E-state index contributed by atoms with van der Waals surface area (Å²) in [6.45, 7) is 14.7. The maximum Gasteiger partial charge on any atom is 0.00960 e. The van der Waals surface area contributed by atoms with Crippen molar-refractivity contribution >= 4 is 0 Å². The van der Waals surface area contributed by atoms with Gasteiger partial charge in [0.05, 0.1) is 0 Å². The molecule has 0 aromatic rings. The smallest absolute Gasteiger partial charge is 0.00960 e. The highest BCUT2D eigenvalue weighted by Gasteiger charge is 2.27. The Morgan fingerprint density at radius 2 is 1.79 bits per heavy atom. The molecule has 14 heavy (non-hydrogen) atoms. The minimum absolute atomic E-state index is 0.775. The lowest BCUT2D eigenvalue weighted by Gasteiger charge is -2.32. The van der Waals surface area contributed by atoms with Gasteiger partial charge < -0.3 is 0 Å². The fourth-order valence-corrected chi connectivity index (χ4v) is 2.22. The van der Waals surface area contributed by atoms with E-state index in [1.165, 1.54) is 25.8 Å². The van der Waals surface area contributed by atoms with Crippen LogP contribution >= 0.6 is 0 Å². The van der Waals surface area contributed by atoms with E-state index in [0.29, 0.717) is 0 Å². The first kappa shape index (κ1) is 14.0. The highest BCUT2D eigenvalue weighted by atomic mass is 15.2. The van der Waals surface area contributed by atoms with Gasteiger partial charge in [-0.05, 0) is 38.6 Å². The van der Waals surface area contributed by atoms with E-state index >= 15 is 0 Å². The Kier molecular flexibility index (Phi) is 7.26. The predicted octanol–water partition coefficient (Wildman–Crippen LogP) is 3.93. The summed E-state index contributed by atoms with van der Waals surface area (Å²) in [5, 5.41) is 0. The summed E-state index contributed by atoms with van der Waals surface area (Å²) in [5.41, 5.74) is 0. The number of nitrogens with zero attached hydrogens (tertiary/aromatic N) is 1. The van der Waals surface area contributed by atoms with Gasteiger partial charge in [-0.3, -0.25) is 4.90 Å². The van der Waals surface area contributed by atoms with Crippen molar-refractivity contribution in [1.82, 2.24) is 4.90 Å². The van der Waals surface area contributed by atoms with Crippen molar-refractivity contribution in [3.05, 3.63) is 0 Å². The van der Waals surface area contributed by atoms with Gasteiger partial charge in [-0.25, -0.2) is 0 Å². The minimum atomic E-state index is 0.775. The maximum atomic E-state index is 2.70. The third kappa shape index (κ3) is 3.61. The van der Waals surface area contributed by atoms with Gasteiger partial charge in [-0.15, -0.1) is 0 Å². The summed E-state index contributed by atoms with van der Waals surface area (Å²) in [4.78, 5) is 2.70. The third-order valence-corrected chi connectivity index (χ3v) is 3.38. The van der Waals surface area contributed by atoms with Crippen LogP contribution in [0.25, 0.3) is 0 Å². The van der Waals surface area contributed by atoms with Crippen molar-refractivity contribution in [2.75, 3.05) is 6.54 Å². The van der Waals surface area contributed by atoms with Crippen LogP contribution in [0.4, 0.5) is 0 Å². The van der Waals surface area contributed by atoms with Crippen LogP contribution in [-0.2, 0) is 0 Å². The number of hydrogen-bond donors (Lipinski definition) is 0. The summed E-state index contributed by atoms with van der Waals surface area (Å²) in [7, 11) is 0. The van der Waals surface area contributed by atoms with Crippen molar-refractivity contribution < 1.29 is 0 Å². The lowest BCUT2D eigenvalue weighted by atomic mass is 10.0. The van der Waals surface area contributed by atoms with Crippen LogP contribution in [0.5, 0.6) is 0 Å². The fraction of sp³-hybridized carbons (Fsp3) is 1.00. The second kappa shape index (κ2) is 7.28. The van der Waals surface area contributed by atoms with Crippen LogP contribution in [0, 0.1) is 5.92 Å². The summed E-state index contributed by atoms with van der Waals surface area (Å²) in [5.74, 6) is 0.803. The SMILES string of the molecule is CC.CCC1CCCN1C(C)C(C)C. The minimum Gasteiger partial charge on any atom is -0.297 e. The van der Waals surface area contributed by atoms with Gasteiger partial charge in [0.1, 0.15) is 0 Å². The van der Waals surface area contributed by atoms with Crippen LogP contribution in [0.1, 0.15) is 60.8 Å². The van der Waals surface area contributed by atoms with E-state index in [0.717, 1.165) is 18.0 Å². The average Bonchev–Trinajstić information content (AvgIpc) is 2.67. The summed E-state index contributed by atoms with van der Waals surface area (Å²) >= 11 is 0. The Bertz CT molecular complexity index is 131. The molecule has 0 N–H and O–H groups in total. The second-order valence-corrected chi connectivity index (χ2v) is 4.43. The largest absolute Gasteiger partial charge is 0.297 e. The summed E-state index contributed by atoms with van der Waals surface area (Å²) in [6.07, 6.45) is 4.17. The molecular weight excluding hydrogens is 170 g/mol. The molecule has 0 radical (unpaired) electrons. The van der Waals surface area contributed by atoms with E-state index < -0.39 is 0 Å². The van der Waals surface area contributed by atoms with E-state index in [1.54, 1.807) is 0 Å². The Morgan fingerprint density at radius 3 is 2.21 bits per heavy atom. The van der Waals surface area contributed by atoms with E-state index in [4.69, 9.17) is 0 Å². The van der Waals surface area contributed by atoms with Gasteiger partial charge in [-0.1, -0.05) is 34.6 Å². The molecule has 0 spiro atoms. The Morgan fingerprint density at radius 1 is 1.21 bits per heavy atom. The van der Waals surface area contributed by atoms with Crippen molar-refractivity contribution in [2.45, 2.75) is 72.9 Å². The van der Waals surface area contributed by atoms with Crippen LogP contribution < -0.4 is 0 Å². The van der Waals surface area contributed by atoms with Crippen LogP contribution in [0.2, 0.25) is 0 Å². The third-order valence-electron chi connectivity index (χ3n) is 3.38.